The maximum absolute atomic E-state index is 9.81. The van der Waals surface area contributed by atoms with E-state index in [1.54, 1.807) is 12.1 Å². The molecule has 0 aliphatic carbocycles. The molecule has 100 valence electrons. The highest BCUT2D eigenvalue weighted by atomic mass is 16.3. The number of aryl methyl sites for hydroxylation is 1. The van der Waals surface area contributed by atoms with Crippen molar-refractivity contribution in [3.63, 3.8) is 0 Å². The number of phenols is 2. The summed E-state index contributed by atoms with van der Waals surface area (Å²) in [6.07, 6.45) is 0. The Hall–Kier alpha value is -2.00. The van der Waals surface area contributed by atoms with Crippen LogP contribution < -0.4 is 5.32 Å². The van der Waals surface area contributed by atoms with Crippen LogP contribution in [0.2, 0.25) is 0 Å². The number of benzene rings is 2. The normalized spacial score (nSPS) is 12.3. The Morgan fingerprint density at radius 1 is 1.11 bits per heavy atom. The van der Waals surface area contributed by atoms with E-state index in [4.69, 9.17) is 0 Å². The Bertz CT molecular complexity index is 566. The van der Waals surface area contributed by atoms with Gasteiger partial charge in [-0.15, -0.1) is 0 Å². The highest BCUT2D eigenvalue weighted by Gasteiger charge is 2.10. The van der Waals surface area contributed by atoms with Crippen LogP contribution in [0.25, 0.3) is 0 Å². The fraction of sp³-hybridized carbons (Fsp3) is 0.250. The van der Waals surface area contributed by atoms with Crippen molar-refractivity contribution in [1.82, 2.24) is 5.32 Å². The van der Waals surface area contributed by atoms with Crippen LogP contribution in [0.5, 0.6) is 11.5 Å². The number of nitrogens with one attached hydrogen (secondary N) is 1. The SMILES string of the molecule is Cc1ccccc1CNC(C)c1ccc(O)cc1O. The largest absolute Gasteiger partial charge is 0.508 e. The summed E-state index contributed by atoms with van der Waals surface area (Å²) >= 11 is 0. The summed E-state index contributed by atoms with van der Waals surface area (Å²) in [6.45, 7) is 4.82. The number of hydrogen-bond donors (Lipinski definition) is 3. The third-order valence-electron chi connectivity index (χ3n) is 3.34. The van der Waals surface area contributed by atoms with Gasteiger partial charge in [-0.1, -0.05) is 30.3 Å². The second-order valence-electron chi connectivity index (χ2n) is 4.77. The fourth-order valence-corrected chi connectivity index (χ4v) is 2.08. The average molecular weight is 257 g/mol. The molecule has 0 saturated carbocycles. The van der Waals surface area contributed by atoms with Crippen LogP contribution >= 0.6 is 0 Å². The lowest BCUT2D eigenvalue weighted by molar-refractivity contribution is 0.436. The van der Waals surface area contributed by atoms with Crippen molar-refractivity contribution in [2.75, 3.05) is 0 Å². The lowest BCUT2D eigenvalue weighted by Crippen LogP contribution is -2.18. The van der Waals surface area contributed by atoms with Crippen molar-refractivity contribution >= 4 is 0 Å². The second kappa shape index (κ2) is 5.76. The molecule has 0 heterocycles. The summed E-state index contributed by atoms with van der Waals surface area (Å²) in [5.74, 6) is 0.192. The van der Waals surface area contributed by atoms with E-state index < -0.39 is 0 Å². The highest BCUT2D eigenvalue weighted by Crippen LogP contribution is 2.27. The maximum atomic E-state index is 9.81. The van der Waals surface area contributed by atoms with Gasteiger partial charge in [0.15, 0.2) is 0 Å². The van der Waals surface area contributed by atoms with Gasteiger partial charge in [-0.2, -0.15) is 0 Å². The highest BCUT2D eigenvalue weighted by molar-refractivity contribution is 5.40. The van der Waals surface area contributed by atoms with Gasteiger partial charge in [0, 0.05) is 24.2 Å². The maximum Gasteiger partial charge on any atom is 0.124 e. The zero-order chi connectivity index (χ0) is 13.8. The molecule has 2 rings (SSSR count). The number of rotatable bonds is 4. The van der Waals surface area contributed by atoms with Crippen molar-refractivity contribution in [1.29, 1.82) is 0 Å². The zero-order valence-corrected chi connectivity index (χ0v) is 11.2. The van der Waals surface area contributed by atoms with Gasteiger partial charge >= 0.3 is 0 Å². The van der Waals surface area contributed by atoms with Gasteiger partial charge in [-0.3, -0.25) is 0 Å². The van der Waals surface area contributed by atoms with Crippen LogP contribution in [0.15, 0.2) is 42.5 Å². The first kappa shape index (κ1) is 13.4. The number of hydrogen-bond acceptors (Lipinski definition) is 3. The summed E-state index contributed by atoms with van der Waals surface area (Å²) < 4.78 is 0. The predicted octanol–water partition coefficient (Wildman–Crippen LogP) is 3.26. The van der Waals surface area contributed by atoms with Crippen LogP contribution in [0.3, 0.4) is 0 Å². The lowest BCUT2D eigenvalue weighted by Gasteiger charge is -2.16. The molecule has 1 unspecified atom stereocenters. The minimum atomic E-state index is 0.0141. The van der Waals surface area contributed by atoms with Gasteiger partial charge in [-0.05, 0) is 31.0 Å². The molecule has 0 aliphatic heterocycles. The van der Waals surface area contributed by atoms with Gasteiger partial charge in [-0.25, -0.2) is 0 Å². The monoisotopic (exact) mass is 257 g/mol. The van der Waals surface area contributed by atoms with Crippen LogP contribution in [-0.2, 0) is 6.54 Å². The Labute approximate surface area is 113 Å². The summed E-state index contributed by atoms with van der Waals surface area (Å²) in [7, 11) is 0. The smallest absolute Gasteiger partial charge is 0.124 e. The van der Waals surface area contributed by atoms with Crippen LogP contribution in [0, 0.1) is 6.92 Å². The molecule has 19 heavy (non-hydrogen) atoms. The standard InChI is InChI=1S/C16H19NO2/c1-11-5-3-4-6-13(11)10-17-12(2)15-8-7-14(18)9-16(15)19/h3-9,12,17-19H,10H2,1-2H3. The average Bonchev–Trinajstić information content (AvgIpc) is 2.37. The first-order chi connectivity index (χ1) is 9.08. The molecule has 0 aliphatic rings. The molecule has 3 heteroatoms. The minimum Gasteiger partial charge on any atom is -0.508 e. The van der Waals surface area contributed by atoms with Gasteiger partial charge in [0.1, 0.15) is 11.5 Å². The predicted molar refractivity (Wildman–Crippen MR) is 76.2 cm³/mol. The quantitative estimate of drug-likeness (QED) is 0.788. The van der Waals surface area contributed by atoms with E-state index >= 15 is 0 Å². The van der Waals surface area contributed by atoms with Gasteiger partial charge in [0.05, 0.1) is 0 Å². The third-order valence-corrected chi connectivity index (χ3v) is 3.34. The topological polar surface area (TPSA) is 52.5 Å². The van der Waals surface area contributed by atoms with Crippen molar-refractivity contribution in [2.45, 2.75) is 26.4 Å². The molecule has 0 amide bonds. The first-order valence-corrected chi connectivity index (χ1v) is 6.37. The molecular weight excluding hydrogens is 238 g/mol. The van der Waals surface area contributed by atoms with Crippen molar-refractivity contribution in [3.05, 3.63) is 59.2 Å². The molecule has 3 N–H and O–H groups in total. The number of phenolic OH excluding ortho intramolecular Hbond substituents is 2. The summed E-state index contributed by atoms with van der Waals surface area (Å²) in [5.41, 5.74) is 3.27. The second-order valence-corrected chi connectivity index (χ2v) is 4.77. The van der Waals surface area contributed by atoms with E-state index in [1.165, 1.54) is 17.2 Å². The Balaban J connectivity index is 2.05. The molecule has 0 saturated heterocycles. The fourth-order valence-electron chi connectivity index (χ4n) is 2.08. The molecule has 0 fully saturated rings. The van der Waals surface area contributed by atoms with E-state index in [2.05, 4.69) is 24.4 Å². The Morgan fingerprint density at radius 3 is 2.53 bits per heavy atom. The first-order valence-electron chi connectivity index (χ1n) is 6.37. The molecule has 2 aromatic rings. The molecule has 0 radical (unpaired) electrons. The zero-order valence-electron chi connectivity index (χ0n) is 11.2. The van der Waals surface area contributed by atoms with Crippen LogP contribution in [0.4, 0.5) is 0 Å². The van der Waals surface area contributed by atoms with E-state index in [0.29, 0.717) is 0 Å². The Morgan fingerprint density at radius 2 is 1.84 bits per heavy atom. The minimum absolute atomic E-state index is 0.0141. The van der Waals surface area contributed by atoms with E-state index in [0.717, 1.165) is 12.1 Å². The molecule has 1 atom stereocenters. The van der Waals surface area contributed by atoms with Crippen LogP contribution in [-0.4, -0.2) is 10.2 Å². The van der Waals surface area contributed by atoms with Crippen LogP contribution in [0.1, 0.15) is 29.7 Å². The van der Waals surface area contributed by atoms with Crippen molar-refractivity contribution in [2.24, 2.45) is 0 Å². The van der Waals surface area contributed by atoms with Gasteiger partial charge < -0.3 is 15.5 Å². The van der Waals surface area contributed by atoms with Crippen molar-refractivity contribution < 1.29 is 10.2 Å². The summed E-state index contributed by atoms with van der Waals surface area (Å²) in [6, 6.07) is 12.9. The van der Waals surface area contributed by atoms with Gasteiger partial charge in [0.25, 0.3) is 0 Å². The Kier molecular flexibility index (Phi) is 4.07. The molecule has 2 aromatic carbocycles. The van der Waals surface area contributed by atoms with Gasteiger partial charge in [0.2, 0.25) is 0 Å². The van der Waals surface area contributed by atoms with E-state index in [9.17, 15) is 10.2 Å². The van der Waals surface area contributed by atoms with E-state index in [-0.39, 0.29) is 17.5 Å². The molecule has 3 nitrogen and oxygen atoms in total. The van der Waals surface area contributed by atoms with Crippen molar-refractivity contribution in [3.8, 4) is 11.5 Å². The molecule has 0 spiro atoms. The molecular formula is C16H19NO2. The summed E-state index contributed by atoms with van der Waals surface area (Å²) in [4.78, 5) is 0. The third kappa shape index (κ3) is 3.26. The lowest BCUT2D eigenvalue weighted by atomic mass is 10.1. The molecule has 0 aromatic heterocycles. The van der Waals surface area contributed by atoms with E-state index in [1.807, 2.05) is 19.1 Å². The number of aromatic hydroxyl groups is 2. The molecule has 0 bridgehead atoms. The summed E-state index contributed by atoms with van der Waals surface area (Å²) in [5, 5.41) is 22.5.